The van der Waals surface area contributed by atoms with Gasteiger partial charge in [0.25, 0.3) is 0 Å². The van der Waals surface area contributed by atoms with E-state index in [1.807, 2.05) is 12.3 Å². The first-order chi connectivity index (χ1) is 12.1. The molecule has 2 N–H and O–H groups in total. The molecule has 2 atom stereocenters. The molecule has 4 rings (SSSR count). The number of rotatable bonds is 3. The molecule has 1 saturated heterocycles. The minimum absolute atomic E-state index is 0.0942. The van der Waals surface area contributed by atoms with E-state index < -0.39 is 0 Å². The number of H-pyrrole nitrogens is 1. The Balaban J connectivity index is 1.83. The predicted octanol–water partition coefficient (Wildman–Crippen LogP) is 4.55. The van der Waals surface area contributed by atoms with Gasteiger partial charge in [-0.05, 0) is 73.6 Å². The van der Waals surface area contributed by atoms with E-state index in [0.717, 1.165) is 10.8 Å². The fourth-order valence-corrected chi connectivity index (χ4v) is 5.62. The van der Waals surface area contributed by atoms with Crippen LogP contribution in [-0.2, 0) is 0 Å². The first-order valence-corrected chi connectivity index (χ1v) is 10.4. The van der Waals surface area contributed by atoms with Gasteiger partial charge in [-0.3, -0.25) is 4.98 Å². The number of aromatic amines is 1. The van der Waals surface area contributed by atoms with E-state index >= 15 is 0 Å². The van der Waals surface area contributed by atoms with Crippen molar-refractivity contribution in [2.75, 3.05) is 0 Å². The summed E-state index contributed by atoms with van der Waals surface area (Å²) in [5.74, 6) is 0. The second-order valence-electron chi connectivity index (χ2n) is 7.07. The molecular weight excluding hydrogens is 443 g/mol. The van der Waals surface area contributed by atoms with Crippen molar-refractivity contribution in [2.24, 2.45) is 0 Å². The Bertz CT molecular complexity index is 782. The summed E-state index contributed by atoms with van der Waals surface area (Å²) in [7, 11) is 0. The first kappa shape index (κ1) is 17.3. The minimum atomic E-state index is 0.0942. The van der Waals surface area contributed by atoms with Crippen LogP contribution in [0.4, 0.5) is 0 Å². The molecule has 0 bridgehead atoms. The van der Waals surface area contributed by atoms with Crippen molar-refractivity contribution in [2.45, 2.75) is 57.7 Å². The molecule has 2 aromatic heterocycles. The highest BCUT2D eigenvalue weighted by Gasteiger charge is 2.45. The summed E-state index contributed by atoms with van der Waals surface area (Å²) in [5.41, 5.74) is 4.90. The third-order valence-electron chi connectivity index (χ3n) is 5.49. The highest BCUT2D eigenvalue weighted by atomic mass is 127. The Labute approximate surface area is 167 Å². The maximum atomic E-state index is 5.80. The summed E-state index contributed by atoms with van der Waals surface area (Å²) in [4.78, 5) is 10.6. The van der Waals surface area contributed by atoms with Gasteiger partial charge in [0, 0.05) is 32.8 Å². The molecule has 2 aliphatic rings. The average molecular weight is 466 g/mol. The van der Waals surface area contributed by atoms with Crippen molar-refractivity contribution in [3.8, 4) is 0 Å². The van der Waals surface area contributed by atoms with Gasteiger partial charge in [-0.2, -0.15) is 0 Å². The molecule has 6 heteroatoms. The van der Waals surface area contributed by atoms with Crippen LogP contribution >= 0.6 is 34.8 Å². The Morgan fingerprint density at radius 3 is 2.56 bits per heavy atom. The molecule has 1 aliphatic heterocycles. The fourth-order valence-electron chi connectivity index (χ4n) is 4.37. The van der Waals surface area contributed by atoms with Crippen LogP contribution in [0.5, 0.6) is 0 Å². The normalized spacial score (nSPS) is 24.1. The lowest BCUT2D eigenvalue weighted by Gasteiger charge is -2.33. The summed E-state index contributed by atoms with van der Waals surface area (Å²) in [6.45, 7) is 4.32. The second kappa shape index (κ2) is 6.87. The summed E-state index contributed by atoms with van der Waals surface area (Å²) in [6.07, 6.45) is 6.92. The monoisotopic (exact) mass is 466 g/mol. The Morgan fingerprint density at radius 1 is 1.20 bits per heavy atom. The Hall–Kier alpha value is -1.15. The van der Waals surface area contributed by atoms with E-state index in [-0.39, 0.29) is 12.1 Å². The third kappa shape index (κ3) is 2.97. The van der Waals surface area contributed by atoms with E-state index in [1.165, 1.54) is 46.2 Å². The van der Waals surface area contributed by atoms with Gasteiger partial charge >= 0.3 is 0 Å². The third-order valence-corrected chi connectivity index (χ3v) is 7.21. The van der Waals surface area contributed by atoms with Gasteiger partial charge in [-0.15, -0.1) is 0 Å². The molecule has 0 aromatic carbocycles. The number of nitrogens with one attached hydrogen (secondary N) is 2. The summed E-state index contributed by atoms with van der Waals surface area (Å²) in [5, 5.41) is 4.46. The van der Waals surface area contributed by atoms with Crippen LogP contribution in [-0.4, -0.2) is 26.0 Å². The molecule has 2 aromatic rings. The second-order valence-corrected chi connectivity index (χ2v) is 8.54. The highest BCUT2D eigenvalue weighted by molar-refractivity contribution is 14.1. The number of halogens is 1. The maximum Gasteiger partial charge on any atom is 0.170 e. The molecule has 4 nitrogen and oxygen atoms in total. The number of pyridine rings is 1. The first-order valence-electron chi connectivity index (χ1n) is 8.92. The van der Waals surface area contributed by atoms with Crippen molar-refractivity contribution in [3.63, 3.8) is 0 Å². The van der Waals surface area contributed by atoms with E-state index in [0.29, 0.717) is 6.04 Å². The summed E-state index contributed by atoms with van der Waals surface area (Å²) >= 11 is 8.27. The molecule has 0 amide bonds. The molecule has 25 heavy (non-hydrogen) atoms. The SMILES string of the molecule is Cc1[nH]c(C)c([C@@H]2[C@H](c3ccccn3)NC(=S)N2C2CCCC2)c1I. The van der Waals surface area contributed by atoms with Gasteiger partial charge in [0.05, 0.1) is 17.8 Å². The topological polar surface area (TPSA) is 44.0 Å². The molecule has 0 spiro atoms. The van der Waals surface area contributed by atoms with E-state index in [4.69, 9.17) is 12.2 Å². The van der Waals surface area contributed by atoms with Crippen LogP contribution in [0.25, 0.3) is 0 Å². The molecule has 1 aliphatic carbocycles. The Morgan fingerprint density at radius 2 is 1.96 bits per heavy atom. The van der Waals surface area contributed by atoms with Gasteiger partial charge in [-0.25, -0.2) is 0 Å². The van der Waals surface area contributed by atoms with Gasteiger partial charge in [0.1, 0.15) is 0 Å². The number of aryl methyl sites for hydroxylation is 2. The smallest absolute Gasteiger partial charge is 0.170 e. The van der Waals surface area contributed by atoms with E-state index in [2.05, 4.69) is 68.8 Å². The van der Waals surface area contributed by atoms with Crippen molar-refractivity contribution in [3.05, 3.63) is 50.6 Å². The van der Waals surface area contributed by atoms with Crippen LogP contribution in [0.15, 0.2) is 24.4 Å². The Kier molecular flexibility index (Phi) is 4.75. The van der Waals surface area contributed by atoms with Crippen LogP contribution < -0.4 is 5.32 Å². The van der Waals surface area contributed by atoms with Crippen LogP contribution in [0.3, 0.4) is 0 Å². The lowest BCUT2D eigenvalue weighted by atomic mass is 9.95. The summed E-state index contributed by atoms with van der Waals surface area (Å²) < 4.78 is 1.32. The molecule has 1 saturated carbocycles. The number of thiocarbonyl (C=S) groups is 1. The van der Waals surface area contributed by atoms with Gasteiger partial charge in [0.2, 0.25) is 0 Å². The number of hydrogen-bond acceptors (Lipinski definition) is 2. The molecule has 2 fully saturated rings. The maximum absolute atomic E-state index is 5.80. The number of hydrogen-bond donors (Lipinski definition) is 2. The van der Waals surface area contributed by atoms with Crippen molar-refractivity contribution < 1.29 is 0 Å². The van der Waals surface area contributed by atoms with Gasteiger partial charge < -0.3 is 15.2 Å². The predicted molar refractivity (Wildman–Crippen MR) is 113 cm³/mol. The number of nitrogens with zero attached hydrogens (tertiary/aromatic N) is 2. The van der Waals surface area contributed by atoms with Gasteiger partial charge in [0.15, 0.2) is 5.11 Å². The molecule has 132 valence electrons. The minimum Gasteiger partial charge on any atom is -0.362 e. The number of aromatic nitrogens is 2. The molecule has 0 unspecified atom stereocenters. The van der Waals surface area contributed by atoms with Crippen molar-refractivity contribution >= 4 is 39.9 Å². The van der Waals surface area contributed by atoms with E-state index in [9.17, 15) is 0 Å². The fraction of sp³-hybridized carbons (Fsp3) is 0.474. The highest BCUT2D eigenvalue weighted by Crippen LogP contribution is 2.45. The van der Waals surface area contributed by atoms with Gasteiger partial charge in [-0.1, -0.05) is 18.9 Å². The molecule has 3 heterocycles. The summed E-state index contributed by atoms with van der Waals surface area (Å²) in [6, 6.07) is 6.95. The largest absolute Gasteiger partial charge is 0.362 e. The van der Waals surface area contributed by atoms with Crippen molar-refractivity contribution in [1.29, 1.82) is 0 Å². The van der Waals surface area contributed by atoms with Crippen LogP contribution in [0, 0.1) is 17.4 Å². The van der Waals surface area contributed by atoms with E-state index in [1.54, 1.807) is 0 Å². The molecule has 0 radical (unpaired) electrons. The van der Waals surface area contributed by atoms with Crippen LogP contribution in [0.1, 0.15) is 60.4 Å². The zero-order valence-electron chi connectivity index (χ0n) is 14.6. The van der Waals surface area contributed by atoms with Crippen LogP contribution in [0.2, 0.25) is 0 Å². The molecular formula is C19H23IN4S. The lowest BCUT2D eigenvalue weighted by Crippen LogP contribution is -2.37. The zero-order chi connectivity index (χ0) is 17.6. The lowest BCUT2D eigenvalue weighted by molar-refractivity contribution is 0.244. The zero-order valence-corrected chi connectivity index (χ0v) is 17.5. The standard InChI is InChI=1S/C19H23IN4S/c1-11-15(16(20)12(2)22-11)18-17(14-9-5-6-10-21-14)23-19(25)24(18)13-7-3-4-8-13/h5-6,9-10,13,17-18,22H,3-4,7-8H2,1-2H3,(H,23,25)/t17-,18+/m0/s1. The van der Waals surface area contributed by atoms with Crippen molar-refractivity contribution in [1.82, 2.24) is 20.2 Å². The average Bonchev–Trinajstić information content (AvgIpc) is 3.28. The quantitative estimate of drug-likeness (QED) is 0.515.